The molecule has 11 heavy (non-hydrogen) atoms. The van der Waals surface area contributed by atoms with E-state index in [4.69, 9.17) is 20.9 Å². The van der Waals surface area contributed by atoms with Crippen LogP contribution in [-0.2, 0) is 20.9 Å². The third-order valence-corrected chi connectivity index (χ3v) is 3.74. The van der Waals surface area contributed by atoms with Gasteiger partial charge in [0, 0.05) is 15.5 Å². The lowest BCUT2D eigenvalue weighted by atomic mass is 10.5. The van der Waals surface area contributed by atoms with E-state index in [1.54, 1.807) is 0 Å². The van der Waals surface area contributed by atoms with Gasteiger partial charge in [0.15, 0.2) is 0 Å². The molecule has 68 valence electrons. The van der Waals surface area contributed by atoms with Gasteiger partial charge in [-0.3, -0.25) is 0 Å². The zero-order valence-electron chi connectivity index (χ0n) is 6.88. The highest BCUT2D eigenvalue weighted by atomic mass is 79.9. The van der Waals surface area contributed by atoms with Gasteiger partial charge in [-0.05, 0) is 24.6 Å². The highest BCUT2D eigenvalue weighted by Gasteiger charge is 2.12. The van der Waals surface area contributed by atoms with Crippen molar-refractivity contribution in [3.63, 3.8) is 0 Å². The van der Waals surface area contributed by atoms with E-state index in [9.17, 15) is 0 Å². The Hall–Kier alpha value is 1.05. The molecule has 0 N–H and O–H groups in total. The smallest absolute Gasteiger partial charge is 0.255 e. The zero-order chi connectivity index (χ0) is 8.74. The van der Waals surface area contributed by atoms with Crippen LogP contribution in [0.2, 0.25) is 0 Å². The lowest BCUT2D eigenvalue weighted by molar-refractivity contribution is 0.261. The van der Waals surface area contributed by atoms with E-state index < -0.39 is 5.19 Å². The monoisotopic (exact) mass is 260 g/mol. The zero-order valence-corrected chi connectivity index (χ0v) is 10.2. The largest absolute Gasteiger partial charge is 0.321 e. The normalized spacial score (nSPS) is 11.9. The molecule has 0 aromatic heterocycles. The van der Waals surface area contributed by atoms with E-state index >= 15 is 0 Å². The maximum atomic E-state index is 5.30. The molecule has 0 heterocycles. The van der Waals surface area contributed by atoms with E-state index in [1.165, 1.54) is 0 Å². The molecule has 0 fully saturated rings. The number of hydrogen-bond donors (Lipinski definition) is 0. The second kappa shape index (κ2) is 6.55. The van der Waals surface area contributed by atoms with Gasteiger partial charge in [0.1, 0.15) is 0 Å². The maximum Gasteiger partial charge on any atom is 0.255 e. The fourth-order valence-corrected chi connectivity index (χ4v) is 2.63. The van der Waals surface area contributed by atoms with E-state index in [1.807, 2.05) is 13.8 Å². The Labute approximate surface area is 81.6 Å². The summed E-state index contributed by atoms with van der Waals surface area (Å²) in [5.74, 6) is 0. The van der Waals surface area contributed by atoms with Crippen LogP contribution in [0.1, 0.15) is 26.7 Å². The van der Waals surface area contributed by atoms with Crippen molar-refractivity contribution >= 4 is 32.5 Å². The molecule has 0 bridgehead atoms. The summed E-state index contributed by atoms with van der Waals surface area (Å²) in [7, 11) is 0. The van der Waals surface area contributed by atoms with Crippen molar-refractivity contribution in [1.82, 2.24) is 0 Å². The molecule has 0 spiro atoms. The van der Waals surface area contributed by atoms with Gasteiger partial charge in [0.2, 0.25) is 0 Å². The van der Waals surface area contributed by atoms with E-state index in [-0.39, 0.29) is 0 Å². The first kappa shape index (κ1) is 12.0. The maximum absolute atomic E-state index is 5.30. The molecule has 0 rings (SSSR count). The molecule has 0 unspecified atom stereocenters. The van der Waals surface area contributed by atoms with Crippen molar-refractivity contribution in [2.45, 2.75) is 26.7 Å². The average molecular weight is 261 g/mol. The fourth-order valence-electron chi connectivity index (χ4n) is 0.438. The second-order valence-corrected chi connectivity index (χ2v) is 9.13. The summed E-state index contributed by atoms with van der Waals surface area (Å²) in [6.45, 7) is 5.43. The van der Waals surface area contributed by atoms with Crippen LogP contribution >= 0.6 is 20.7 Å². The summed E-state index contributed by atoms with van der Waals surface area (Å²) in [4.78, 5) is 0. The van der Waals surface area contributed by atoms with Crippen LogP contribution in [0.15, 0.2) is 0 Å². The molecular weight excluding hydrogens is 247 g/mol. The first-order valence-corrected chi connectivity index (χ1v) is 8.37. The molecule has 0 aliphatic heterocycles. The Morgan fingerprint density at radius 1 is 1.18 bits per heavy atom. The predicted molar refractivity (Wildman–Crippen MR) is 55.7 cm³/mol. The molecule has 0 atom stereocenters. The van der Waals surface area contributed by atoms with E-state index in [0.29, 0.717) is 13.2 Å². The molecule has 5 heteroatoms. The Balaban J connectivity index is 3.53. The molecule has 0 amide bonds. The Bertz CT molecular complexity index is 131. The van der Waals surface area contributed by atoms with Crippen molar-refractivity contribution in [3.05, 3.63) is 0 Å². The molecule has 0 aromatic rings. The molecule has 0 radical (unpaired) electrons. The molecule has 0 saturated heterocycles. The van der Waals surface area contributed by atoms with Gasteiger partial charge in [0.05, 0.1) is 13.2 Å². The first-order valence-electron chi connectivity index (χ1n) is 3.71. The molecule has 0 aliphatic carbocycles. The van der Waals surface area contributed by atoms with E-state index in [0.717, 1.165) is 12.8 Å². The van der Waals surface area contributed by atoms with Crippen LogP contribution in [0.5, 0.6) is 0 Å². The van der Waals surface area contributed by atoms with Crippen LogP contribution in [0, 0.1) is 0 Å². The topological polar surface area (TPSA) is 18.5 Å². The lowest BCUT2D eigenvalue weighted by Gasteiger charge is -2.14. The lowest BCUT2D eigenvalue weighted by Crippen LogP contribution is -1.92. The van der Waals surface area contributed by atoms with Crippen LogP contribution in [0.25, 0.3) is 0 Å². The van der Waals surface area contributed by atoms with Crippen molar-refractivity contribution < 1.29 is 9.05 Å². The highest BCUT2D eigenvalue weighted by Crippen LogP contribution is 2.56. The summed E-state index contributed by atoms with van der Waals surface area (Å²) in [5.41, 5.74) is 0. The minimum absolute atomic E-state index is 0.673. The molecular formula is C6H14BrO2PS. The molecule has 0 saturated carbocycles. The predicted octanol–water partition coefficient (Wildman–Crippen LogP) is 3.46. The van der Waals surface area contributed by atoms with Crippen molar-refractivity contribution in [2.24, 2.45) is 0 Å². The van der Waals surface area contributed by atoms with Crippen molar-refractivity contribution in [2.75, 3.05) is 13.2 Å². The number of hydrogen-bond acceptors (Lipinski definition) is 3. The van der Waals surface area contributed by atoms with Crippen molar-refractivity contribution in [3.8, 4) is 0 Å². The Morgan fingerprint density at radius 3 is 1.82 bits per heavy atom. The minimum Gasteiger partial charge on any atom is -0.321 e. The van der Waals surface area contributed by atoms with Gasteiger partial charge < -0.3 is 9.05 Å². The van der Waals surface area contributed by atoms with Crippen LogP contribution < -0.4 is 0 Å². The van der Waals surface area contributed by atoms with Gasteiger partial charge in [-0.2, -0.15) is 0 Å². The third kappa shape index (κ3) is 7.41. The van der Waals surface area contributed by atoms with Gasteiger partial charge in [-0.15, -0.1) is 0 Å². The average Bonchev–Trinajstić information content (AvgIpc) is 1.97. The molecule has 0 aliphatic rings. The number of halogens is 1. The van der Waals surface area contributed by atoms with E-state index in [2.05, 4.69) is 15.5 Å². The molecule has 2 nitrogen and oxygen atoms in total. The van der Waals surface area contributed by atoms with Gasteiger partial charge in [0.25, 0.3) is 5.19 Å². The van der Waals surface area contributed by atoms with Crippen molar-refractivity contribution in [1.29, 1.82) is 0 Å². The molecule has 0 aromatic carbocycles. The fraction of sp³-hybridized carbons (Fsp3) is 1.00. The highest BCUT2D eigenvalue weighted by molar-refractivity contribution is 9.42. The quantitative estimate of drug-likeness (QED) is 0.682. The standard InChI is InChI=1S/C6H14BrO2PS/c1-3-5-8-10(7,11)9-6-4-2/h3-6H2,1-2H3. The second-order valence-electron chi connectivity index (χ2n) is 2.10. The summed E-state index contributed by atoms with van der Waals surface area (Å²) in [6.07, 6.45) is 1.94. The first-order chi connectivity index (χ1) is 5.12. The SMILES string of the molecule is CCCOP(=S)(Br)OCCC. The Kier molecular flexibility index (Phi) is 7.18. The summed E-state index contributed by atoms with van der Waals surface area (Å²) in [6, 6.07) is 0. The van der Waals surface area contributed by atoms with Crippen LogP contribution in [0.3, 0.4) is 0 Å². The third-order valence-electron chi connectivity index (χ3n) is 0.899. The van der Waals surface area contributed by atoms with Gasteiger partial charge in [-0.1, -0.05) is 13.8 Å². The van der Waals surface area contributed by atoms with Gasteiger partial charge in [-0.25, -0.2) is 0 Å². The summed E-state index contributed by atoms with van der Waals surface area (Å²) in [5, 5.41) is -2.08. The summed E-state index contributed by atoms with van der Waals surface area (Å²) < 4.78 is 10.6. The van der Waals surface area contributed by atoms with Crippen LogP contribution in [-0.4, -0.2) is 13.2 Å². The Morgan fingerprint density at radius 2 is 1.55 bits per heavy atom. The number of rotatable bonds is 6. The summed E-state index contributed by atoms with van der Waals surface area (Å²) >= 11 is 8.32. The minimum atomic E-state index is -2.08. The van der Waals surface area contributed by atoms with Gasteiger partial charge >= 0.3 is 0 Å². The van der Waals surface area contributed by atoms with Crippen LogP contribution in [0.4, 0.5) is 0 Å².